The fourth-order valence-electron chi connectivity index (χ4n) is 2.96. The van der Waals surface area contributed by atoms with E-state index >= 15 is 0 Å². The first-order valence-electron chi connectivity index (χ1n) is 7.41. The number of nitrogens with one attached hydrogen (secondary N) is 1. The van der Waals surface area contributed by atoms with Crippen LogP contribution in [0.2, 0.25) is 0 Å². The maximum Gasteiger partial charge on any atom is 0.100 e. The summed E-state index contributed by atoms with van der Waals surface area (Å²) < 4.78 is 2.14. The topological polar surface area (TPSA) is 33.6 Å². The van der Waals surface area contributed by atoms with E-state index in [0.29, 0.717) is 0 Å². The smallest absolute Gasteiger partial charge is 0.100 e. The lowest BCUT2D eigenvalue weighted by atomic mass is 10.1. The van der Waals surface area contributed by atoms with Crippen LogP contribution >= 0.6 is 0 Å². The minimum absolute atomic E-state index is 1.03. The summed E-state index contributed by atoms with van der Waals surface area (Å²) in [5.41, 5.74) is 6.88. The molecule has 2 aromatic carbocycles. The molecule has 0 saturated carbocycles. The van der Waals surface area contributed by atoms with Gasteiger partial charge in [-0.15, -0.1) is 0 Å². The van der Waals surface area contributed by atoms with Crippen LogP contribution in [-0.4, -0.2) is 14.5 Å². The average Bonchev–Trinajstić information content (AvgIpc) is 3.11. The van der Waals surface area contributed by atoms with Gasteiger partial charge in [0, 0.05) is 34.0 Å². The van der Waals surface area contributed by atoms with Gasteiger partial charge in [0.15, 0.2) is 0 Å². The zero-order valence-electron chi connectivity index (χ0n) is 12.7. The highest BCUT2D eigenvalue weighted by atomic mass is 15.1. The van der Waals surface area contributed by atoms with Crippen molar-refractivity contribution in [2.24, 2.45) is 0 Å². The zero-order chi connectivity index (χ0) is 15.1. The minimum atomic E-state index is 1.03. The molecule has 108 valence electrons. The van der Waals surface area contributed by atoms with Crippen molar-refractivity contribution in [3.05, 3.63) is 72.3 Å². The van der Waals surface area contributed by atoms with Gasteiger partial charge in [-0.1, -0.05) is 36.4 Å². The summed E-state index contributed by atoms with van der Waals surface area (Å²) in [5, 5.41) is 1.27. The van der Waals surface area contributed by atoms with Crippen molar-refractivity contribution in [3.63, 3.8) is 0 Å². The number of aromatic amines is 1. The van der Waals surface area contributed by atoms with Crippen LogP contribution in [0.4, 0.5) is 0 Å². The van der Waals surface area contributed by atoms with Crippen LogP contribution in [0.5, 0.6) is 0 Å². The molecule has 0 unspecified atom stereocenters. The van der Waals surface area contributed by atoms with Crippen LogP contribution in [0.1, 0.15) is 11.3 Å². The predicted molar refractivity (Wildman–Crippen MR) is 90.3 cm³/mol. The highest BCUT2D eigenvalue weighted by molar-refractivity contribution is 5.84. The van der Waals surface area contributed by atoms with E-state index in [9.17, 15) is 0 Å². The van der Waals surface area contributed by atoms with Crippen molar-refractivity contribution in [2.75, 3.05) is 0 Å². The molecule has 4 rings (SSSR count). The second-order valence-electron chi connectivity index (χ2n) is 5.62. The Kier molecular flexibility index (Phi) is 2.86. The lowest BCUT2D eigenvalue weighted by Crippen LogP contribution is -1.95. The van der Waals surface area contributed by atoms with Crippen molar-refractivity contribution in [1.29, 1.82) is 0 Å². The Morgan fingerprint density at radius 3 is 2.64 bits per heavy atom. The minimum Gasteiger partial charge on any atom is -0.361 e. The number of rotatable bonds is 2. The first-order valence-corrected chi connectivity index (χ1v) is 7.41. The quantitative estimate of drug-likeness (QED) is 0.572. The maximum atomic E-state index is 4.60. The van der Waals surface area contributed by atoms with Crippen LogP contribution < -0.4 is 0 Å². The molecule has 0 aliphatic heterocycles. The first kappa shape index (κ1) is 12.9. The van der Waals surface area contributed by atoms with Crippen molar-refractivity contribution >= 4 is 10.9 Å². The fraction of sp³-hybridized carbons (Fsp3) is 0.105. The van der Waals surface area contributed by atoms with Gasteiger partial charge in [0.05, 0.1) is 5.69 Å². The SMILES string of the molecule is Cc1c[nH]c2cc(-n3cnc(-c4ccccc4)c3C)ccc12. The van der Waals surface area contributed by atoms with Gasteiger partial charge < -0.3 is 9.55 Å². The van der Waals surface area contributed by atoms with E-state index in [0.717, 1.165) is 28.2 Å². The summed E-state index contributed by atoms with van der Waals surface area (Å²) in [6.45, 7) is 4.23. The Bertz CT molecular complexity index is 945. The van der Waals surface area contributed by atoms with E-state index in [4.69, 9.17) is 0 Å². The lowest BCUT2D eigenvalue weighted by Gasteiger charge is -2.07. The fourth-order valence-corrected chi connectivity index (χ4v) is 2.96. The molecule has 0 fully saturated rings. The van der Waals surface area contributed by atoms with Crippen LogP contribution in [0, 0.1) is 13.8 Å². The molecule has 2 heterocycles. The van der Waals surface area contributed by atoms with Crippen LogP contribution in [-0.2, 0) is 0 Å². The van der Waals surface area contributed by atoms with Crippen molar-refractivity contribution < 1.29 is 0 Å². The summed E-state index contributed by atoms with van der Waals surface area (Å²) in [6, 6.07) is 16.8. The van der Waals surface area contributed by atoms with Crippen LogP contribution in [0.3, 0.4) is 0 Å². The number of imidazole rings is 1. The third-order valence-corrected chi connectivity index (χ3v) is 4.20. The highest BCUT2D eigenvalue weighted by Gasteiger charge is 2.10. The summed E-state index contributed by atoms with van der Waals surface area (Å²) in [7, 11) is 0. The van der Waals surface area contributed by atoms with Gasteiger partial charge in [0.1, 0.15) is 6.33 Å². The number of nitrogens with zero attached hydrogens (tertiary/aromatic N) is 2. The molecular weight excluding hydrogens is 270 g/mol. The zero-order valence-corrected chi connectivity index (χ0v) is 12.7. The summed E-state index contributed by atoms with van der Waals surface area (Å²) in [6.07, 6.45) is 3.94. The van der Waals surface area contributed by atoms with Gasteiger partial charge in [-0.3, -0.25) is 0 Å². The monoisotopic (exact) mass is 287 g/mol. The maximum absolute atomic E-state index is 4.60. The van der Waals surface area contributed by atoms with Gasteiger partial charge in [-0.25, -0.2) is 4.98 Å². The van der Waals surface area contributed by atoms with E-state index < -0.39 is 0 Å². The first-order chi connectivity index (χ1) is 10.7. The second kappa shape index (κ2) is 4.88. The molecule has 0 aliphatic rings. The molecule has 0 amide bonds. The number of H-pyrrole nitrogens is 1. The highest BCUT2D eigenvalue weighted by Crippen LogP contribution is 2.26. The third-order valence-electron chi connectivity index (χ3n) is 4.20. The number of aromatic nitrogens is 3. The molecule has 2 aromatic heterocycles. The second-order valence-corrected chi connectivity index (χ2v) is 5.62. The van der Waals surface area contributed by atoms with E-state index in [-0.39, 0.29) is 0 Å². The van der Waals surface area contributed by atoms with Crippen molar-refractivity contribution in [2.45, 2.75) is 13.8 Å². The molecule has 0 atom stereocenters. The standard InChI is InChI=1S/C19H17N3/c1-13-11-20-18-10-16(8-9-17(13)18)22-12-21-19(14(22)2)15-6-4-3-5-7-15/h3-12,20H,1-2H3. The van der Waals surface area contributed by atoms with Crippen LogP contribution in [0.15, 0.2) is 61.1 Å². The molecule has 0 radical (unpaired) electrons. The van der Waals surface area contributed by atoms with E-state index in [1.54, 1.807) is 0 Å². The Labute approximate surface area is 129 Å². The molecule has 3 nitrogen and oxygen atoms in total. The van der Waals surface area contributed by atoms with Gasteiger partial charge in [0.2, 0.25) is 0 Å². The molecule has 0 saturated heterocycles. The Morgan fingerprint density at radius 2 is 1.82 bits per heavy atom. The van der Waals surface area contributed by atoms with Gasteiger partial charge in [-0.2, -0.15) is 0 Å². The van der Waals surface area contributed by atoms with Crippen molar-refractivity contribution in [1.82, 2.24) is 14.5 Å². The summed E-state index contributed by atoms with van der Waals surface area (Å²) >= 11 is 0. The Balaban J connectivity index is 1.83. The number of aryl methyl sites for hydroxylation is 1. The Hall–Kier alpha value is -2.81. The summed E-state index contributed by atoms with van der Waals surface area (Å²) in [5.74, 6) is 0. The number of hydrogen-bond donors (Lipinski definition) is 1. The third kappa shape index (κ3) is 1.94. The van der Waals surface area contributed by atoms with Gasteiger partial charge >= 0.3 is 0 Å². The van der Waals surface area contributed by atoms with Gasteiger partial charge in [-0.05, 0) is 31.5 Å². The van der Waals surface area contributed by atoms with E-state index in [2.05, 4.69) is 58.7 Å². The normalized spacial score (nSPS) is 11.2. The molecule has 0 spiro atoms. The largest absolute Gasteiger partial charge is 0.361 e. The van der Waals surface area contributed by atoms with E-state index in [1.165, 1.54) is 10.9 Å². The molecule has 0 aliphatic carbocycles. The Morgan fingerprint density at radius 1 is 1.00 bits per heavy atom. The van der Waals surface area contributed by atoms with Crippen molar-refractivity contribution in [3.8, 4) is 16.9 Å². The number of hydrogen-bond acceptors (Lipinski definition) is 1. The average molecular weight is 287 g/mol. The predicted octanol–water partition coefficient (Wildman–Crippen LogP) is 4.64. The van der Waals surface area contributed by atoms with Gasteiger partial charge in [0.25, 0.3) is 0 Å². The molecule has 1 N–H and O–H groups in total. The molecule has 0 bridgehead atoms. The molecule has 22 heavy (non-hydrogen) atoms. The molecular formula is C19H17N3. The summed E-state index contributed by atoms with van der Waals surface area (Å²) in [4.78, 5) is 7.92. The molecule has 4 aromatic rings. The number of fused-ring (bicyclic) bond motifs is 1. The number of benzene rings is 2. The van der Waals surface area contributed by atoms with E-state index in [1.807, 2.05) is 30.7 Å². The molecule has 3 heteroatoms. The lowest BCUT2D eigenvalue weighted by molar-refractivity contribution is 1.01. The van der Waals surface area contributed by atoms with Crippen LogP contribution in [0.25, 0.3) is 27.8 Å².